The third kappa shape index (κ3) is 6.19. The average molecular weight is 275 g/mol. The third-order valence-electron chi connectivity index (χ3n) is 3.99. The second kappa shape index (κ2) is 8.16. The Morgan fingerprint density at radius 3 is 2.56 bits per heavy atom. The van der Waals surface area contributed by atoms with Crippen LogP contribution in [0, 0.1) is 5.92 Å². The van der Waals surface area contributed by atoms with Gasteiger partial charge < -0.3 is 5.32 Å². The van der Waals surface area contributed by atoms with Crippen molar-refractivity contribution in [2.45, 2.75) is 64.8 Å². The number of nitrogens with one attached hydrogen (secondary N) is 1. The summed E-state index contributed by atoms with van der Waals surface area (Å²) in [5.41, 5.74) is 0. The maximum atomic E-state index is 11.6. The van der Waals surface area contributed by atoms with Gasteiger partial charge in [-0.3, -0.25) is 0 Å². The number of sulfone groups is 1. The average Bonchev–Trinajstić information content (AvgIpc) is 2.59. The first-order valence-electron chi connectivity index (χ1n) is 7.51. The molecule has 1 rings (SSSR count). The molecule has 18 heavy (non-hydrogen) atoms. The van der Waals surface area contributed by atoms with Gasteiger partial charge in [-0.05, 0) is 38.1 Å². The van der Waals surface area contributed by atoms with E-state index >= 15 is 0 Å². The molecule has 2 atom stereocenters. The lowest BCUT2D eigenvalue weighted by molar-refractivity contribution is 0.378. The predicted octanol–water partition coefficient (Wildman–Crippen LogP) is 2.76. The Bertz CT molecular complexity index is 314. The zero-order chi connectivity index (χ0) is 13.4. The molecule has 0 aromatic rings. The van der Waals surface area contributed by atoms with E-state index in [1.165, 1.54) is 38.5 Å². The van der Waals surface area contributed by atoms with E-state index in [-0.39, 0.29) is 5.75 Å². The molecule has 0 heterocycles. The molecule has 0 aromatic carbocycles. The summed E-state index contributed by atoms with van der Waals surface area (Å²) in [6, 6.07) is 0.613. The molecule has 0 aliphatic heterocycles. The van der Waals surface area contributed by atoms with Gasteiger partial charge in [0.25, 0.3) is 0 Å². The lowest BCUT2D eigenvalue weighted by atomic mass is 9.95. The van der Waals surface area contributed by atoms with Crippen molar-refractivity contribution in [3.8, 4) is 0 Å². The normalized spacial score (nSPS) is 25.9. The predicted molar refractivity (Wildman–Crippen MR) is 77.6 cm³/mol. The third-order valence-corrected chi connectivity index (χ3v) is 5.73. The quantitative estimate of drug-likeness (QED) is 0.727. The van der Waals surface area contributed by atoms with Crippen LogP contribution in [0.25, 0.3) is 0 Å². The zero-order valence-electron chi connectivity index (χ0n) is 12.0. The van der Waals surface area contributed by atoms with Crippen molar-refractivity contribution >= 4 is 9.84 Å². The van der Waals surface area contributed by atoms with Crippen molar-refractivity contribution in [2.24, 2.45) is 5.92 Å². The first kappa shape index (κ1) is 16.0. The minimum absolute atomic E-state index is 0.289. The van der Waals surface area contributed by atoms with Gasteiger partial charge in [-0.2, -0.15) is 0 Å². The fourth-order valence-electron chi connectivity index (χ4n) is 2.75. The molecule has 3 nitrogen and oxygen atoms in total. The molecule has 0 amide bonds. The Kier molecular flexibility index (Phi) is 7.23. The molecule has 108 valence electrons. The van der Waals surface area contributed by atoms with E-state index in [4.69, 9.17) is 0 Å². The van der Waals surface area contributed by atoms with Crippen LogP contribution in [-0.4, -0.2) is 32.5 Å². The van der Waals surface area contributed by atoms with E-state index in [1.54, 1.807) is 6.92 Å². The minimum Gasteiger partial charge on any atom is -0.314 e. The maximum absolute atomic E-state index is 11.6. The number of rotatable bonds is 7. The number of hydrogen-bond acceptors (Lipinski definition) is 3. The van der Waals surface area contributed by atoms with Crippen LogP contribution < -0.4 is 5.32 Å². The summed E-state index contributed by atoms with van der Waals surface area (Å²) in [5, 5.41) is 3.60. The smallest absolute Gasteiger partial charge is 0.150 e. The van der Waals surface area contributed by atoms with Gasteiger partial charge in [-0.25, -0.2) is 8.42 Å². The van der Waals surface area contributed by atoms with Crippen LogP contribution in [0.2, 0.25) is 0 Å². The van der Waals surface area contributed by atoms with Crippen LogP contribution in [0.3, 0.4) is 0 Å². The number of hydrogen-bond donors (Lipinski definition) is 1. The van der Waals surface area contributed by atoms with Gasteiger partial charge >= 0.3 is 0 Å². The van der Waals surface area contributed by atoms with Crippen molar-refractivity contribution in [3.63, 3.8) is 0 Å². The van der Waals surface area contributed by atoms with Crippen LogP contribution >= 0.6 is 0 Å². The summed E-state index contributed by atoms with van der Waals surface area (Å²) in [7, 11) is -2.79. The zero-order valence-corrected chi connectivity index (χ0v) is 12.8. The molecule has 1 aliphatic carbocycles. The van der Waals surface area contributed by atoms with Gasteiger partial charge in [0.15, 0.2) is 0 Å². The molecule has 0 saturated heterocycles. The van der Waals surface area contributed by atoms with E-state index in [9.17, 15) is 8.42 Å². The standard InChI is InChI=1S/C14H29NO2S/c1-3-10-15-14-8-6-5-7-13(12-14)9-11-18(16,17)4-2/h13-15H,3-12H2,1-2H3. The molecular formula is C14H29NO2S. The topological polar surface area (TPSA) is 46.2 Å². The van der Waals surface area contributed by atoms with Crippen LogP contribution in [0.15, 0.2) is 0 Å². The highest BCUT2D eigenvalue weighted by molar-refractivity contribution is 7.91. The highest BCUT2D eigenvalue weighted by Gasteiger charge is 2.21. The van der Waals surface area contributed by atoms with Crippen LogP contribution in [0.1, 0.15) is 58.8 Å². The summed E-state index contributed by atoms with van der Waals surface area (Å²) in [5.74, 6) is 1.27. The molecule has 0 aromatic heterocycles. The summed E-state index contributed by atoms with van der Waals surface area (Å²) < 4.78 is 23.1. The first-order valence-corrected chi connectivity index (χ1v) is 9.33. The lowest BCUT2D eigenvalue weighted by Crippen LogP contribution is -2.31. The Labute approximate surface area is 113 Å². The van der Waals surface area contributed by atoms with E-state index in [1.807, 2.05) is 0 Å². The summed E-state index contributed by atoms with van der Waals surface area (Å²) in [6.45, 7) is 5.02. The summed E-state index contributed by atoms with van der Waals surface area (Å²) in [6.07, 6.45) is 8.23. The highest BCUT2D eigenvalue weighted by Crippen LogP contribution is 2.26. The Hall–Kier alpha value is -0.0900. The molecule has 1 N–H and O–H groups in total. The minimum atomic E-state index is -2.79. The van der Waals surface area contributed by atoms with E-state index in [0.717, 1.165) is 13.0 Å². The molecule has 0 bridgehead atoms. The van der Waals surface area contributed by atoms with Crippen molar-refractivity contribution in [1.29, 1.82) is 0 Å². The fourth-order valence-corrected chi connectivity index (χ4v) is 3.73. The highest BCUT2D eigenvalue weighted by atomic mass is 32.2. The van der Waals surface area contributed by atoms with Gasteiger partial charge in [0.05, 0.1) is 5.75 Å². The largest absolute Gasteiger partial charge is 0.314 e. The molecule has 1 aliphatic rings. The molecule has 4 heteroatoms. The molecule has 0 spiro atoms. The first-order chi connectivity index (χ1) is 8.57. The van der Waals surface area contributed by atoms with E-state index < -0.39 is 9.84 Å². The summed E-state index contributed by atoms with van der Waals surface area (Å²) >= 11 is 0. The van der Waals surface area contributed by atoms with E-state index in [2.05, 4.69) is 12.2 Å². The maximum Gasteiger partial charge on any atom is 0.150 e. The van der Waals surface area contributed by atoms with Crippen LogP contribution in [-0.2, 0) is 9.84 Å². The second-order valence-corrected chi connectivity index (χ2v) is 8.04. The van der Waals surface area contributed by atoms with Gasteiger partial charge in [0.1, 0.15) is 9.84 Å². The van der Waals surface area contributed by atoms with Crippen molar-refractivity contribution in [1.82, 2.24) is 5.32 Å². The summed E-state index contributed by atoms with van der Waals surface area (Å²) in [4.78, 5) is 0. The van der Waals surface area contributed by atoms with Gasteiger partial charge in [-0.1, -0.05) is 33.1 Å². The van der Waals surface area contributed by atoms with Crippen molar-refractivity contribution < 1.29 is 8.42 Å². The van der Waals surface area contributed by atoms with Gasteiger partial charge in [0.2, 0.25) is 0 Å². The molecule has 1 fully saturated rings. The Balaban J connectivity index is 2.39. The molecule has 0 radical (unpaired) electrons. The molecule has 2 unspecified atom stereocenters. The second-order valence-electron chi connectivity index (χ2n) is 5.56. The SMILES string of the molecule is CCCNC1CCCCC(CCS(=O)(=O)CC)C1. The van der Waals surface area contributed by atoms with Gasteiger partial charge in [0, 0.05) is 11.8 Å². The van der Waals surface area contributed by atoms with E-state index in [0.29, 0.717) is 17.7 Å². The van der Waals surface area contributed by atoms with Crippen molar-refractivity contribution in [2.75, 3.05) is 18.1 Å². The lowest BCUT2D eigenvalue weighted by Gasteiger charge is -2.21. The molecular weight excluding hydrogens is 246 g/mol. The van der Waals surface area contributed by atoms with Gasteiger partial charge in [-0.15, -0.1) is 0 Å². The Morgan fingerprint density at radius 1 is 1.17 bits per heavy atom. The van der Waals surface area contributed by atoms with Crippen molar-refractivity contribution in [3.05, 3.63) is 0 Å². The Morgan fingerprint density at radius 2 is 1.89 bits per heavy atom. The molecule has 1 saturated carbocycles. The monoisotopic (exact) mass is 275 g/mol. The van der Waals surface area contributed by atoms with Crippen LogP contribution in [0.5, 0.6) is 0 Å². The fraction of sp³-hybridized carbons (Fsp3) is 1.00. The van der Waals surface area contributed by atoms with Crippen LogP contribution in [0.4, 0.5) is 0 Å².